The molecule has 1 saturated carbocycles. The molecule has 0 spiro atoms. The van der Waals surface area contributed by atoms with Gasteiger partial charge in [-0.15, -0.1) is 0 Å². The van der Waals surface area contributed by atoms with Crippen molar-refractivity contribution in [1.82, 2.24) is 9.80 Å². The molecule has 0 radical (unpaired) electrons. The van der Waals surface area contributed by atoms with E-state index >= 15 is 0 Å². The number of hydrogen-bond donors (Lipinski definition) is 1. The molecule has 0 bridgehead atoms. The number of benzene rings is 1. The number of methoxy groups -OCH3 is 1. The Morgan fingerprint density at radius 2 is 1.78 bits per heavy atom. The average Bonchev–Trinajstić information content (AvgIpc) is 3.43. The number of esters is 1. The van der Waals surface area contributed by atoms with Crippen LogP contribution in [0.25, 0.3) is 0 Å². The van der Waals surface area contributed by atoms with E-state index in [1.54, 1.807) is 9.80 Å². The van der Waals surface area contributed by atoms with Crippen LogP contribution in [0.15, 0.2) is 30.3 Å². The molecule has 2 heterocycles. The highest BCUT2D eigenvalue weighted by molar-refractivity contribution is 5.85. The van der Waals surface area contributed by atoms with Gasteiger partial charge >= 0.3 is 12.1 Å². The quantitative estimate of drug-likeness (QED) is 0.701. The Morgan fingerprint density at radius 1 is 1.06 bits per heavy atom. The van der Waals surface area contributed by atoms with Gasteiger partial charge in [0.2, 0.25) is 5.91 Å². The highest BCUT2D eigenvalue weighted by Crippen LogP contribution is 2.38. The second-order valence-electron chi connectivity index (χ2n) is 9.12. The van der Waals surface area contributed by atoms with E-state index < -0.39 is 30.1 Å². The monoisotopic (exact) mass is 443 g/mol. The van der Waals surface area contributed by atoms with Crippen molar-refractivity contribution in [3.05, 3.63) is 35.9 Å². The first-order chi connectivity index (χ1) is 15.5. The van der Waals surface area contributed by atoms with Crippen LogP contribution < -0.4 is 5.73 Å². The molecule has 0 aromatic heterocycles. The van der Waals surface area contributed by atoms with Crippen LogP contribution in [-0.2, 0) is 25.7 Å². The van der Waals surface area contributed by atoms with Gasteiger partial charge in [0.25, 0.3) is 0 Å². The largest absolute Gasteiger partial charge is 0.469 e. The third-order valence-corrected chi connectivity index (χ3v) is 7.30. The molecule has 8 nitrogen and oxygen atoms in total. The van der Waals surface area contributed by atoms with Gasteiger partial charge in [-0.3, -0.25) is 9.59 Å². The summed E-state index contributed by atoms with van der Waals surface area (Å²) >= 11 is 0. The highest BCUT2D eigenvalue weighted by atomic mass is 16.6. The Morgan fingerprint density at radius 3 is 2.47 bits per heavy atom. The number of hydrogen-bond acceptors (Lipinski definition) is 6. The number of ether oxygens (including phenoxy) is 2. The first kappa shape index (κ1) is 22.6. The summed E-state index contributed by atoms with van der Waals surface area (Å²) in [5.74, 6) is -0.943. The molecule has 4 rings (SSSR count). The summed E-state index contributed by atoms with van der Waals surface area (Å²) in [4.78, 5) is 42.1. The van der Waals surface area contributed by atoms with E-state index in [-0.39, 0.29) is 31.0 Å². The predicted molar refractivity (Wildman–Crippen MR) is 117 cm³/mol. The number of carbonyl (C=O) groups excluding carboxylic acids is 3. The van der Waals surface area contributed by atoms with Gasteiger partial charge in [-0.2, -0.15) is 0 Å². The van der Waals surface area contributed by atoms with Crippen LogP contribution in [0.3, 0.4) is 0 Å². The number of nitrogens with two attached hydrogens (primary N) is 1. The molecule has 3 aliphatic rings. The Hall–Kier alpha value is -2.61. The van der Waals surface area contributed by atoms with Crippen molar-refractivity contribution in [2.45, 2.75) is 63.3 Å². The maximum Gasteiger partial charge on any atom is 0.410 e. The van der Waals surface area contributed by atoms with Gasteiger partial charge < -0.3 is 25.0 Å². The summed E-state index contributed by atoms with van der Waals surface area (Å²) < 4.78 is 10.5. The fourth-order valence-corrected chi connectivity index (χ4v) is 5.60. The molecule has 2 aliphatic heterocycles. The van der Waals surface area contributed by atoms with Crippen LogP contribution in [0.2, 0.25) is 0 Å². The van der Waals surface area contributed by atoms with Crippen molar-refractivity contribution in [2.24, 2.45) is 17.6 Å². The van der Waals surface area contributed by atoms with Gasteiger partial charge in [0.1, 0.15) is 6.61 Å². The summed E-state index contributed by atoms with van der Waals surface area (Å²) in [6, 6.07) is 8.20. The topological polar surface area (TPSA) is 102 Å². The molecular weight excluding hydrogens is 410 g/mol. The molecule has 3 fully saturated rings. The van der Waals surface area contributed by atoms with Crippen LogP contribution in [-0.4, -0.2) is 66.1 Å². The van der Waals surface area contributed by atoms with Crippen LogP contribution in [0.1, 0.15) is 44.1 Å². The normalized spacial score (nSPS) is 26.5. The van der Waals surface area contributed by atoms with Crippen molar-refractivity contribution in [3.63, 3.8) is 0 Å². The minimum atomic E-state index is -0.598. The number of carbonyl (C=O) groups is 3. The molecule has 1 aromatic rings. The Kier molecular flexibility index (Phi) is 6.98. The van der Waals surface area contributed by atoms with Crippen molar-refractivity contribution in [3.8, 4) is 0 Å². The molecule has 2 saturated heterocycles. The molecule has 174 valence electrons. The lowest BCUT2D eigenvalue weighted by molar-refractivity contribution is -0.148. The van der Waals surface area contributed by atoms with E-state index in [9.17, 15) is 14.4 Å². The summed E-state index contributed by atoms with van der Waals surface area (Å²) in [6.07, 6.45) is 5.45. The van der Waals surface area contributed by atoms with E-state index in [2.05, 4.69) is 0 Å². The fraction of sp³-hybridized carbons (Fsp3) is 0.625. The zero-order valence-electron chi connectivity index (χ0n) is 18.7. The molecule has 8 heteroatoms. The first-order valence-electron chi connectivity index (χ1n) is 11.6. The Balaban J connectivity index is 1.47. The predicted octanol–water partition coefficient (Wildman–Crippen LogP) is 2.31. The SMILES string of the molecule is COC(=O)C1CN(C(=O)OCc2ccccc2)C2CCN(C(=O)C(N)C3CCCCC3)C12. The number of likely N-dealkylation sites (tertiary alicyclic amines) is 2. The standard InChI is InChI=1S/C24H33N3O5/c1-31-23(29)18-14-27(24(30)32-15-16-8-4-2-5-9-16)19-12-13-26(21(18)19)22(28)20(25)17-10-6-3-7-11-17/h2,4-5,8-9,17-21H,3,6-7,10-15,25H2,1H3. The van der Waals surface area contributed by atoms with Crippen LogP contribution in [0, 0.1) is 11.8 Å². The van der Waals surface area contributed by atoms with Gasteiger partial charge in [-0.25, -0.2) is 4.79 Å². The Bertz CT molecular complexity index is 826. The second-order valence-corrected chi connectivity index (χ2v) is 9.12. The van der Waals surface area contributed by atoms with Gasteiger partial charge in [0.15, 0.2) is 0 Å². The molecule has 2 N–H and O–H groups in total. The second kappa shape index (κ2) is 9.90. The molecular formula is C24H33N3O5. The zero-order chi connectivity index (χ0) is 22.7. The summed E-state index contributed by atoms with van der Waals surface area (Å²) in [5.41, 5.74) is 7.29. The van der Waals surface area contributed by atoms with Crippen LogP contribution in [0.5, 0.6) is 0 Å². The van der Waals surface area contributed by atoms with Gasteiger partial charge in [0, 0.05) is 13.1 Å². The number of nitrogens with zero attached hydrogens (tertiary/aromatic N) is 2. The Labute approximate surface area is 189 Å². The smallest absolute Gasteiger partial charge is 0.410 e. The van der Waals surface area contributed by atoms with Gasteiger partial charge in [0.05, 0.1) is 31.2 Å². The molecule has 32 heavy (non-hydrogen) atoms. The lowest BCUT2D eigenvalue weighted by Gasteiger charge is -2.33. The summed E-state index contributed by atoms with van der Waals surface area (Å²) in [7, 11) is 1.34. The maximum absolute atomic E-state index is 13.3. The number of amides is 2. The summed E-state index contributed by atoms with van der Waals surface area (Å²) in [5, 5.41) is 0. The average molecular weight is 444 g/mol. The van der Waals surface area contributed by atoms with E-state index in [0.29, 0.717) is 13.0 Å². The van der Waals surface area contributed by atoms with E-state index in [4.69, 9.17) is 15.2 Å². The van der Waals surface area contributed by atoms with Crippen LogP contribution in [0.4, 0.5) is 4.79 Å². The minimum absolute atomic E-state index is 0.113. The summed E-state index contributed by atoms with van der Waals surface area (Å²) in [6.45, 7) is 0.814. The highest BCUT2D eigenvalue weighted by Gasteiger charge is 2.55. The van der Waals surface area contributed by atoms with Crippen molar-refractivity contribution < 1.29 is 23.9 Å². The number of rotatable bonds is 5. The van der Waals surface area contributed by atoms with Gasteiger partial charge in [-0.1, -0.05) is 49.6 Å². The lowest BCUT2D eigenvalue weighted by Crippen LogP contribution is -2.53. The molecule has 4 unspecified atom stereocenters. The lowest BCUT2D eigenvalue weighted by atomic mass is 9.83. The minimum Gasteiger partial charge on any atom is -0.469 e. The third kappa shape index (κ3) is 4.46. The van der Waals surface area contributed by atoms with Crippen molar-refractivity contribution >= 4 is 18.0 Å². The molecule has 1 aliphatic carbocycles. The molecule has 2 amide bonds. The maximum atomic E-state index is 13.3. The van der Waals surface area contributed by atoms with E-state index in [1.807, 2.05) is 30.3 Å². The van der Waals surface area contributed by atoms with Crippen molar-refractivity contribution in [2.75, 3.05) is 20.2 Å². The van der Waals surface area contributed by atoms with Crippen molar-refractivity contribution in [1.29, 1.82) is 0 Å². The van der Waals surface area contributed by atoms with E-state index in [0.717, 1.165) is 31.2 Å². The zero-order valence-corrected chi connectivity index (χ0v) is 18.7. The van der Waals surface area contributed by atoms with Gasteiger partial charge in [-0.05, 0) is 30.7 Å². The fourth-order valence-electron chi connectivity index (χ4n) is 5.60. The third-order valence-electron chi connectivity index (χ3n) is 7.30. The first-order valence-corrected chi connectivity index (χ1v) is 11.6. The molecule has 4 atom stereocenters. The van der Waals surface area contributed by atoms with E-state index in [1.165, 1.54) is 13.5 Å². The van der Waals surface area contributed by atoms with Crippen LogP contribution >= 0.6 is 0 Å². The number of fused-ring (bicyclic) bond motifs is 1. The molecule has 1 aromatic carbocycles.